The lowest BCUT2D eigenvalue weighted by molar-refractivity contribution is 0.00190. The molecule has 1 aromatic carbocycles. The van der Waals surface area contributed by atoms with Gasteiger partial charge in [0.1, 0.15) is 17.2 Å². The Morgan fingerprint density at radius 1 is 1.28 bits per heavy atom. The maximum Gasteiger partial charge on any atom is 0.410 e. The largest absolute Gasteiger partial charge is 0.508 e. The molecule has 25 heavy (non-hydrogen) atoms. The van der Waals surface area contributed by atoms with Crippen molar-refractivity contribution in [2.75, 3.05) is 19.6 Å². The average Bonchev–Trinajstić information content (AvgIpc) is 2.48. The maximum absolute atomic E-state index is 14.1. The van der Waals surface area contributed by atoms with E-state index in [1.165, 1.54) is 4.90 Å². The molecule has 1 heterocycles. The van der Waals surface area contributed by atoms with Gasteiger partial charge in [0.25, 0.3) is 5.91 Å². The third kappa shape index (κ3) is 4.41. The summed E-state index contributed by atoms with van der Waals surface area (Å²) in [5.41, 5.74) is -0.384. The van der Waals surface area contributed by atoms with Gasteiger partial charge in [-0.1, -0.05) is 0 Å². The van der Waals surface area contributed by atoms with Crippen molar-refractivity contribution in [2.24, 2.45) is 0 Å². The van der Waals surface area contributed by atoms with Crippen molar-refractivity contribution in [1.29, 1.82) is 0 Å². The van der Waals surface area contributed by atoms with E-state index in [9.17, 15) is 19.1 Å². The Kier molecular flexibility index (Phi) is 5.25. The molecule has 6 nitrogen and oxygen atoms in total. The molecule has 7 heteroatoms. The Morgan fingerprint density at radius 2 is 1.92 bits per heavy atom. The molecule has 0 radical (unpaired) electrons. The third-order valence-electron chi connectivity index (χ3n) is 4.06. The van der Waals surface area contributed by atoms with E-state index >= 15 is 0 Å². The Morgan fingerprint density at radius 3 is 2.48 bits per heavy atom. The van der Waals surface area contributed by atoms with E-state index in [0.717, 1.165) is 12.1 Å². The predicted molar refractivity (Wildman–Crippen MR) is 91.1 cm³/mol. The number of rotatable bonds is 1. The van der Waals surface area contributed by atoms with Crippen LogP contribution in [0.2, 0.25) is 0 Å². The number of piperazine rings is 1. The molecule has 138 valence electrons. The molecule has 1 N–H and O–H groups in total. The summed E-state index contributed by atoms with van der Waals surface area (Å²) in [5, 5.41) is 9.74. The van der Waals surface area contributed by atoms with Gasteiger partial charge in [0.2, 0.25) is 0 Å². The van der Waals surface area contributed by atoms with E-state index in [1.807, 2.05) is 6.92 Å². The summed E-state index contributed by atoms with van der Waals surface area (Å²) >= 11 is 0. The van der Waals surface area contributed by atoms with E-state index in [-0.39, 0.29) is 30.4 Å². The summed E-state index contributed by atoms with van der Waals surface area (Å²) in [6, 6.07) is 2.04. The van der Waals surface area contributed by atoms with Gasteiger partial charge in [0.05, 0.1) is 5.56 Å². The summed E-state index contributed by atoms with van der Waals surface area (Å²) in [7, 11) is 0. The van der Waals surface area contributed by atoms with Crippen LogP contribution in [0.15, 0.2) is 12.1 Å². The zero-order valence-corrected chi connectivity index (χ0v) is 15.3. The number of ether oxygens (including phenoxy) is 1. The van der Waals surface area contributed by atoms with E-state index < -0.39 is 23.4 Å². The number of halogens is 1. The first-order valence-corrected chi connectivity index (χ1v) is 8.27. The topological polar surface area (TPSA) is 70.1 Å². The molecule has 1 fully saturated rings. The number of amides is 2. The van der Waals surface area contributed by atoms with Gasteiger partial charge in [0, 0.05) is 25.7 Å². The van der Waals surface area contributed by atoms with Crippen LogP contribution in [0.1, 0.15) is 43.6 Å². The van der Waals surface area contributed by atoms with Gasteiger partial charge in [-0.15, -0.1) is 0 Å². The van der Waals surface area contributed by atoms with Crippen molar-refractivity contribution in [2.45, 2.75) is 46.3 Å². The normalized spacial score (nSPS) is 18.2. The SMILES string of the molecule is Cc1cc(F)c(C(=O)N2CCN(C(=O)OC(C)(C)C)[C@@H](C)C2)cc1O. The molecule has 0 spiro atoms. The number of benzene rings is 1. The van der Waals surface area contributed by atoms with E-state index in [0.29, 0.717) is 12.1 Å². The van der Waals surface area contributed by atoms with Gasteiger partial charge < -0.3 is 19.6 Å². The van der Waals surface area contributed by atoms with Gasteiger partial charge in [-0.05, 0) is 52.3 Å². The van der Waals surface area contributed by atoms with E-state index in [4.69, 9.17) is 4.74 Å². The number of carbonyl (C=O) groups is 2. The maximum atomic E-state index is 14.1. The van der Waals surface area contributed by atoms with Crippen molar-refractivity contribution in [3.63, 3.8) is 0 Å². The fraction of sp³-hybridized carbons (Fsp3) is 0.556. The molecule has 1 aromatic rings. The minimum Gasteiger partial charge on any atom is -0.508 e. The standard InChI is InChI=1S/C18H25FN2O4/c1-11-8-14(19)13(9-15(11)22)16(23)20-6-7-21(12(2)10-20)17(24)25-18(3,4)5/h8-9,12,22H,6-7,10H2,1-5H3/t12-/m0/s1. The summed E-state index contributed by atoms with van der Waals surface area (Å²) in [5.74, 6) is -1.28. The Labute approximate surface area is 147 Å². The van der Waals surface area contributed by atoms with Gasteiger partial charge in [0.15, 0.2) is 0 Å². The van der Waals surface area contributed by atoms with Crippen LogP contribution in [-0.4, -0.2) is 58.2 Å². The van der Waals surface area contributed by atoms with E-state index in [1.54, 1.807) is 32.6 Å². The molecule has 1 aliphatic rings. The summed E-state index contributed by atoms with van der Waals surface area (Å²) < 4.78 is 19.4. The minimum absolute atomic E-state index is 0.120. The van der Waals surface area contributed by atoms with Crippen molar-refractivity contribution >= 4 is 12.0 Å². The minimum atomic E-state index is -0.664. The number of aryl methyl sites for hydroxylation is 1. The summed E-state index contributed by atoms with van der Waals surface area (Å²) in [6.07, 6.45) is -0.425. The molecular formula is C18H25FN2O4. The van der Waals surface area contributed by atoms with Crippen LogP contribution in [0.3, 0.4) is 0 Å². The molecule has 0 bridgehead atoms. The van der Waals surface area contributed by atoms with Crippen LogP contribution in [-0.2, 0) is 4.74 Å². The van der Waals surface area contributed by atoms with Crippen molar-refractivity contribution < 1.29 is 23.8 Å². The number of aromatic hydroxyl groups is 1. The highest BCUT2D eigenvalue weighted by Gasteiger charge is 2.33. The van der Waals surface area contributed by atoms with E-state index in [2.05, 4.69) is 0 Å². The smallest absolute Gasteiger partial charge is 0.410 e. The second kappa shape index (κ2) is 6.90. The number of phenolic OH excluding ortho intramolecular Hbond substituents is 1. The molecule has 2 amide bonds. The molecular weight excluding hydrogens is 327 g/mol. The summed E-state index contributed by atoms with van der Waals surface area (Å²) in [6.45, 7) is 9.61. The van der Waals surface area contributed by atoms with Crippen LogP contribution < -0.4 is 0 Å². The molecule has 0 aliphatic carbocycles. The number of hydrogen-bond acceptors (Lipinski definition) is 4. The lowest BCUT2D eigenvalue weighted by Crippen LogP contribution is -2.56. The van der Waals surface area contributed by atoms with Crippen LogP contribution in [0.25, 0.3) is 0 Å². The monoisotopic (exact) mass is 352 g/mol. The van der Waals surface area contributed by atoms with Crippen LogP contribution in [0.5, 0.6) is 5.75 Å². The second-order valence-corrected chi connectivity index (χ2v) is 7.39. The summed E-state index contributed by atoms with van der Waals surface area (Å²) in [4.78, 5) is 27.8. The number of phenols is 1. The van der Waals surface area contributed by atoms with Crippen molar-refractivity contribution in [1.82, 2.24) is 9.80 Å². The van der Waals surface area contributed by atoms with Gasteiger partial charge in [-0.3, -0.25) is 4.79 Å². The fourth-order valence-corrected chi connectivity index (χ4v) is 2.73. The van der Waals surface area contributed by atoms with Gasteiger partial charge in [-0.25, -0.2) is 9.18 Å². The Balaban J connectivity index is 2.09. The van der Waals surface area contributed by atoms with Crippen molar-refractivity contribution in [3.8, 4) is 5.75 Å². The first-order chi connectivity index (χ1) is 11.5. The van der Waals surface area contributed by atoms with Crippen molar-refractivity contribution in [3.05, 3.63) is 29.1 Å². The molecule has 1 saturated heterocycles. The molecule has 2 rings (SSSR count). The highest BCUT2D eigenvalue weighted by Crippen LogP contribution is 2.23. The first-order valence-electron chi connectivity index (χ1n) is 8.27. The number of hydrogen-bond donors (Lipinski definition) is 1. The lowest BCUT2D eigenvalue weighted by Gasteiger charge is -2.40. The Hall–Kier alpha value is -2.31. The molecule has 0 unspecified atom stereocenters. The van der Waals surface area contributed by atoms with Gasteiger partial charge >= 0.3 is 6.09 Å². The van der Waals surface area contributed by atoms with Crippen LogP contribution in [0.4, 0.5) is 9.18 Å². The number of nitrogens with zero attached hydrogens (tertiary/aromatic N) is 2. The quantitative estimate of drug-likeness (QED) is 0.844. The number of carbonyl (C=O) groups excluding carboxylic acids is 2. The molecule has 1 atom stereocenters. The van der Waals surface area contributed by atoms with Gasteiger partial charge in [-0.2, -0.15) is 0 Å². The molecule has 1 aliphatic heterocycles. The lowest BCUT2D eigenvalue weighted by atomic mass is 10.1. The highest BCUT2D eigenvalue weighted by molar-refractivity contribution is 5.95. The molecule has 0 saturated carbocycles. The third-order valence-corrected chi connectivity index (χ3v) is 4.06. The van der Waals surface area contributed by atoms with Crippen LogP contribution in [0, 0.1) is 12.7 Å². The fourth-order valence-electron chi connectivity index (χ4n) is 2.73. The predicted octanol–water partition coefficient (Wildman–Crippen LogP) is 2.92. The highest BCUT2D eigenvalue weighted by atomic mass is 19.1. The zero-order chi connectivity index (χ0) is 18.9. The van der Waals surface area contributed by atoms with Crippen LogP contribution >= 0.6 is 0 Å². The zero-order valence-electron chi connectivity index (χ0n) is 15.3. The Bertz CT molecular complexity index is 684. The molecule has 0 aromatic heterocycles. The second-order valence-electron chi connectivity index (χ2n) is 7.39. The first kappa shape index (κ1) is 19.0. The average molecular weight is 352 g/mol.